The number of carbonyl (C=O) groups excluding carboxylic acids is 4. The van der Waals surface area contributed by atoms with Crippen molar-refractivity contribution in [2.45, 2.75) is 42.9 Å². The number of sulfonamides is 1. The summed E-state index contributed by atoms with van der Waals surface area (Å²) in [5, 5.41) is 8.96. The number of amides is 4. The number of aryl methyl sites for hydroxylation is 1. The Morgan fingerprint density at radius 1 is 1.13 bits per heavy atom. The van der Waals surface area contributed by atoms with Crippen LogP contribution in [0, 0.1) is 12.7 Å². The molecule has 0 saturated carbocycles. The monoisotopic (exact) mass is 681 g/mol. The quantitative estimate of drug-likeness (QED) is 0.320. The van der Waals surface area contributed by atoms with E-state index in [0.29, 0.717) is 16.0 Å². The van der Waals surface area contributed by atoms with Crippen molar-refractivity contribution in [3.8, 4) is 5.75 Å². The van der Waals surface area contributed by atoms with Gasteiger partial charge in [-0.05, 0) is 67.1 Å². The maximum absolute atomic E-state index is 14.1. The third-order valence-electron chi connectivity index (χ3n) is 7.07. The van der Waals surface area contributed by atoms with Gasteiger partial charge in [0, 0.05) is 42.2 Å². The molecule has 1 aromatic heterocycles. The summed E-state index contributed by atoms with van der Waals surface area (Å²) in [5.74, 6) is -3.28. The fraction of sp³-hybridized carbons (Fsp3) is 0.379. The maximum Gasteiger partial charge on any atom is 0.255 e. The molecule has 0 radical (unpaired) electrons. The Balaban J connectivity index is 1.61. The number of ether oxygens (including phenoxy) is 1. The van der Waals surface area contributed by atoms with Gasteiger partial charge in [-0.15, -0.1) is 11.3 Å². The van der Waals surface area contributed by atoms with E-state index in [2.05, 4.69) is 16.0 Å². The van der Waals surface area contributed by atoms with Crippen LogP contribution in [0.4, 0.5) is 4.39 Å². The van der Waals surface area contributed by atoms with Crippen molar-refractivity contribution in [1.82, 2.24) is 20.3 Å². The normalized spacial score (nSPS) is 18.1. The second kappa shape index (κ2) is 15.0. The number of halogens is 2. The van der Waals surface area contributed by atoms with Gasteiger partial charge in [-0.1, -0.05) is 11.6 Å². The first-order valence-corrected chi connectivity index (χ1v) is 16.7. The van der Waals surface area contributed by atoms with Crippen LogP contribution < -0.4 is 26.4 Å². The maximum atomic E-state index is 14.1. The fourth-order valence-corrected chi connectivity index (χ4v) is 8.30. The molecule has 1 aliphatic heterocycles. The van der Waals surface area contributed by atoms with Crippen molar-refractivity contribution in [3.05, 3.63) is 58.4 Å². The minimum absolute atomic E-state index is 0.0127. The van der Waals surface area contributed by atoms with Crippen molar-refractivity contribution < 1.29 is 36.7 Å². The zero-order valence-corrected chi connectivity index (χ0v) is 26.7. The van der Waals surface area contributed by atoms with Crippen LogP contribution in [0.1, 0.15) is 41.6 Å². The van der Waals surface area contributed by atoms with E-state index in [4.69, 9.17) is 22.1 Å². The third-order valence-corrected chi connectivity index (χ3v) is 11.1. The minimum Gasteiger partial charge on any atom is -0.491 e. The first-order chi connectivity index (χ1) is 21.4. The van der Waals surface area contributed by atoms with Crippen LogP contribution in [0.2, 0.25) is 5.02 Å². The number of benzene rings is 2. The van der Waals surface area contributed by atoms with Crippen LogP contribution in [0.15, 0.2) is 40.6 Å². The summed E-state index contributed by atoms with van der Waals surface area (Å²) in [7, 11) is -4.07. The molecule has 4 amide bonds. The summed E-state index contributed by atoms with van der Waals surface area (Å²) < 4.78 is 49.6. The Morgan fingerprint density at radius 2 is 1.91 bits per heavy atom. The Morgan fingerprint density at radius 3 is 2.67 bits per heavy atom. The summed E-state index contributed by atoms with van der Waals surface area (Å²) >= 11 is 7.24. The fourth-order valence-electron chi connectivity index (χ4n) is 4.77. The molecule has 0 aliphatic carbocycles. The summed E-state index contributed by atoms with van der Waals surface area (Å²) in [6.07, 6.45) is -0.190. The van der Waals surface area contributed by atoms with Crippen molar-refractivity contribution >= 4 is 66.7 Å². The number of nitrogens with zero attached hydrogens (tertiary/aromatic N) is 1. The average molecular weight is 682 g/mol. The number of primary amides is 1. The average Bonchev–Trinajstić information content (AvgIpc) is 3.32. The number of hydrogen-bond acceptors (Lipinski definition) is 8. The van der Waals surface area contributed by atoms with Crippen LogP contribution in [0.25, 0.3) is 10.1 Å². The number of carbonyl (C=O) groups is 4. The first-order valence-electron chi connectivity index (χ1n) is 14.1. The largest absolute Gasteiger partial charge is 0.491 e. The molecule has 16 heteroatoms. The van der Waals surface area contributed by atoms with E-state index in [1.165, 1.54) is 10.4 Å². The molecule has 2 heterocycles. The molecule has 12 nitrogen and oxygen atoms in total. The molecule has 5 N–H and O–H groups in total. The summed E-state index contributed by atoms with van der Waals surface area (Å²) in [4.78, 5) is 50.3. The number of thiophene rings is 1. The van der Waals surface area contributed by atoms with Gasteiger partial charge in [-0.25, -0.2) is 12.8 Å². The van der Waals surface area contributed by atoms with E-state index in [1.807, 2.05) is 0 Å². The van der Waals surface area contributed by atoms with Gasteiger partial charge in [-0.2, -0.15) is 4.31 Å². The van der Waals surface area contributed by atoms with Crippen LogP contribution in [-0.4, -0.2) is 75.2 Å². The van der Waals surface area contributed by atoms with Crippen LogP contribution in [0.3, 0.4) is 0 Å². The van der Waals surface area contributed by atoms with E-state index in [0.717, 1.165) is 28.2 Å². The van der Waals surface area contributed by atoms with Gasteiger partial charge in [0.2, 0.25) is 17.7 Å². The summed E-state index contributed by atoms with van der Waals surface area (Å²) in [6.45, 7) is 1.38. The molecule has 4 rings (SSSR count). The lowest BCUT2D eigenvalue weighted by Crippen LogP contribution is -2.49. The standard InChI is InChI=1S/C29H33ClFN5O7S2/c1-17-20-15-18(30)4-8-24(20)44-29(17)45(41,42)36-12-2-3-26(38)33-11-14-43-23-7-5-19(31)16-21(23)27(39)35-22(6-9-25(32)37)28(40)34-10-13-36/h4-5,7-8,15-16,22H,2-3,6,9-14H2,1H3,(H2,32,37)(H,33,38)(H,34,40)(H,35,39)/t22-/m0/s1. The minimum atomic E-state index is -4.07. The number of nitrogens with two attached hydrogens (primary N) is 1. The molecule has 0 fully saturated rings. The smallest absolute Gasteiger partial charge is 0.255 e. The molecule has 0 spiro atoms. The van der Waals surface area contributed by atoms with Gasteiger partial charge in [0.25, 0.3) is 15.9 Å². The molecule has 2 aromatic carbocycles. The summed E-state index contributed by atoms with van der Waals surface area (Å²) in [5.41, 5.74) is 5.61. The van der Waals surface area contributed by atoms with Crippen molar-refractivity contribution in [3.63, 3.8) is 0 Å². The zero-order valence-electron chi connectivity index (χ0n) is 24.4. The number of nitrogens with one attached hydrogen (secondary N) is 3. The number of hydrogen-bond donors (Lipinski definition) is 4. The highest BCUT2D eigenvalue weighted by Gasteiger charge is 2.30. The Bertz CT molecular complexity index is 1720. The highest BCUT2D eigenvalue weighted by Crippen LogP contribution is 2.37. The number of rotatable bonds is 5. The van der Waals surface area contributed by atoms with Crippen LogP contribution >= 0.6 is 22.9 Å². The Labute approximate surface area is 268 Å². The predicted octanol–water partition coefficient (Wildman–Crippen LogP) is 2.46. The van der Waals surface area contributed by atoms with E-state index in [-0.39, 0.29) is 79.9 Å². The van der Waals surface area contributed by atoms with E-state index >= 15 is 0 Å². The molecular weight excluding hydrogens is 649 g/mol. The second-order valence-corrected chi connectivity index (χ2v) is 13.9. The third kappa shape index (κ3) is 8.69. The van der Waals surface area contributed by atoms with E-state index in [9.17, 15) is 32.0 Å². The Hall–Kier alpha value is -3.79. The van der Waals surface area contributed by atoms with Gasteiger partial charge in [-0.3, -0.25) is 19.2 Å². The zero-order chi connectivity index (χ0) is 32.7. The van der Waals surface area contributed by atoms with E-state index < -0.39 is 39.6 Å². The lowest BCUT2D eigenvalue weighted by molar-refractivity contribution is -0.123. The van der Waals surface area contributed by atoms with Gasteiger partial charge in [0.1, 0.15) is 28.4 Å². The molecule has 1 aliphatic rings. The molecule has 3 aromatic rings. The highest BCUT2D eigenvalue weighted by atomic mass is 35.5. The van der Waals surface area contributed by atoms with Gasteiger partial charge in [0.05, 0.1) is 12.1 Å². The lowest BCUT2D eigenvalue weighted by atomic mass is 10.1. The number of fused-ring (bicyclic) bond motifs is 2. The van der Waals surface area contributed by atoms with Gasteiger partial charge in [0.15, 0.2) is 0 Å². The molecular formula is C29H33ClFN5O7S2. The van der Waals surface area contributed by atoms with Gasteiger partial charge < -0.3 is 26.4 Å². The van der Waals surface area contributed by atoms with Crippen molar-refractivity contribution in [2.75, 3.05) is 32.8 Å². The molecule has 0 saturated heterocycles. The highest BCUT2D eigenvalue weighted by molar-refractivity contribution is 7.91. The van der Waals surface area contributed by atoms with Crippen LogP contribution in [0.5, 0.6) is 5.75 Å². The first kappa shape index (κ1) is 34.1. The second-order valence-electron chi connectivity index (χ2n) is 10.3. The summed E-state index contributed by atoms with van der Waals surface area (Å²) in [6, 6.07) is 7.16. The van der Waals surface area contributed by atoms with Crippen molar-refractivity contribution in [2.24, 2.45) is 5.73 Å². The molecule has 0 unspecified atom stereocenters. The molecule has 242 valence electrons. The predicted molar refractivity (Wildman–Crippen MR) is 167 cm³/mol. The van der Waals surface area contributed by atoms with E-state index in [1.54, 1.807) is 25.1 Å². The topological polar surface area (TPSA) is 177 Å². The molecule has 1 atom stereocenters. The van der Waals surface area contributed by atoms with Crippen LogP contribution in [-0.2, 0) is 24.4 Å². The molecule has 45 heavy (non-hydrogen) atoms. The van der Waals surface area contributed by atoms with Gasteiger partial charge >= 0.3 is 0 Å². The SMILES string of the molecule is Cc1c(S(=O)(=O)N2CCCC(=O)NCCOc3ccc(F)cc3C(=O)N[C@@H](CCC(N)=O)C(=O)NCC2)sc2ccc(Cl)cc12. The Kier molecular flexibility index (Phi) is 11.4. The van der Waals surface area contributed by atoms with Crippen molar-refractivity contribution in [1.29, 1.82) is 0 Å². The molecule has 0 bridgehead atoms. The lowest BCUT2D eigenvalue weighted by Gasteiger charge is -2.24.